The van der Waals surface area contributed by atoms with Gasteiger partial charge in [0.05, 0.1) is 24.2 Å². The summed E-state index contributed by atoms with van der Waals surface area (Å²) in [5, 5.41) is 11.5. The Morgan fingerprint density at radius 2 is 1.54 bits per heavy atom. The molecule has 0 saturated heterocycles. The number of nitrogens with one attached hydrogen (secondary N) is 4. The van der Waals surface area contributed by atoms with Gasteiger partial charge >= 0.3 is 11.8 Å². The van der Waals surface area contributed by atoms with E-state index >= 15 is 0 Å². The van der Waals surface area contributed by atoms with Crippen molar-refractivity contribution in [2.75, 3.05) is 23.7 Å². The number of sulfonamides is 1. The Kier molecular flexibility index (Phi) is 12.0. The number of nitrogens with zero attached hydrogens (tertiary/aromatic N) is 2. The highest BCUT2D eigenvalue weighted by Crippen LogP contribution is 2.19. The lowest BCUT2D eigenvalue weighted by Gasteiger charge is -2.21. The second kappa shape index (κ2) is 16.3. The molecular formula is C34H36N6O7S. The highest BCUT2D eigenvalue weighted by Gasteiger charge is 2.26. The van der Waals surface area contributed by atoms with Crippen molar-refractivity contribution in [3.8, 4) is 0 Å². The number of benzene rings is 3. The molecule has 250 valence electrons. The van der Waals surface area contributed by atoms with Gasteiger partial charge in [0, 0.05) is 24.8 Å². The van der Waals surface area contributed by atoms with E-state index in [0.29, 0.717) is 23.6 Å². The van der Waals surface area contributed by atoms with E-state index in [-0.39, 0.29) is 29.7 Å². The first-order chi connectivity index (χ1) is 22.9. The van der Waals surface area contributed by atoms with Gasteiger partial charge in [0.15, 0.2) is 0 Å². The number of amides is 4. The highest BCUT2D eigenvalue weighted by atomic mass is 32.2. The monoisotopic (exact) mass is 672 g/mol. The van der Waals surface area contributed by atoms with Crippen molar-refractivity contribution < 1.29 is 32.0 Å². The number of hydrogen-bond acceptors (Lipinski definition) is 8. The zero-order chi connectivity index (χ0) is 34.7. The molecule has 0 aliphatic carbocycles. The molecule has 3 aromatic carbocycles. The molecule has 4 N–H and O–H groups in total. The van der Waals surface area contributed by atoms with Crippen LogP contribution < -0.4 is 21.4 Å². The quantitative estimate of drug-likeness (QED) is 0.0954. The number of rotatable bonds is 13. The van der Waals surface area contributed by atoms with Gasteiger partial charge in [-0.1, -0.05) is 36.4 Å². The average Bonchev–Trinajstić information content (AvgIpc) is 3.51. The first-order valence-electron chi connectivity index (χ1n) is 14.9. The van der Waals surface area contributed by atoms with Crippen LogP contribution in [0.15, 0.2) is 99.3 Å². The van der Waals surface area contributed by atoms with Gasteiger partial charge in [-0.15, -0.1) is 0 Å². The maximum Gasteiger partial charge on any atom is 0.313 e. The predicted molar refractivity (Wildman–Crippen MR) is 180 cm³/mol. The summed E-state index contributed by atoms with van der Waals surface area (Å²) in [6, 6.07) is 23.4. The largest absolute Gasteiger partial charge is 0.458 e. The summed E-state index contributed by atoms with van der Waals surface area (Å²) in [6.45, 7) is 4.63. The summed E-state index contributed by atoms with van der Waals surface area (Å²) in [5.41, 5.74) is 6.19. The van der Waals surface area contributed by atoms with Crippen LogP contribution in [0.1, 0.15) is 35.1 Å². The van der Waals surface area contributed by atoms with Crippen molar-refractivity contribution in [2.45, 2.75) is 38.6 Å². The molecule has 0 unspecified atom stereocenters. The number of hydrogen-bond donors (Lipinski definition) is 4. The third-order valence-electron chi connectivity index (χ3n) is 7.08. The minimum Gasteiger partial charge on any atom is -0.458 e. The van der Waals surface area contributed by atoms with Crippen LogP contribution >= 0.6 is 0 Å². The molecule has 0 bridgehead atoms. The lowest BCUT2D eigenvalue weighted by Crippen LogP contribution is -2.40. The van der Waals surface area contributed by atoms with Crippen molar-refractivity contribution in [1.29, 1.82) is 0 Å². The minimum absolute atomic E-state index is 0.0207. The van der Waals surface area contributed by atoms with Crippen molar-refractivity contribution in [3.05, 3.63) is 113 Å². The van der Waals surface area contributed by atoms with Crippen LogP contribution in [0.5, 0.6) is 0 Å². The topological polar surface area (TPSA) is 179 Å². The van der Waals surface area contributed by atoms with Crippen LogP contribution in [0, 0.1) is 13.8 Å². The zero-order valence-electron chi connectivity index (χ0n) is 26.6. The second-order valence-electron chi connectivity index (χ2n) is 10.8. The molecule has 0 aliphatic heterocycles. The third-order valence-corrected chi connectivity index (χ3v) is 8.94. The lowest BCUT2D eigenvalue weighted by molar-refractivity contribution is -0.136. The summed E-state index contributed by atoms with van der Waals surface area (Å²) in [5.74, 6) is -2.08. The summed E-state index contributed by atoms with van der Waals surface area (Å²) < 4.78 is 33.7. The Morgan fingerprint density at radius 1 is 0.833 bits per heavy atom. The summed E-state index contributed by atoms with van der Waals surface area (Å²) in [6.07, 6.45) is 1.58. The normalized spacial score (nSPS) is 11.3. The zero-order valence-corrected chi connectivity index (χ0v) is 27.5. The molecule has 1 aromatic heterocycles. The van der Waals surface area contributed by atoms with Gasteiger partial charge in [0.25, 0.3) is 5.91 Å². The molecule has 4 aromatic rings. The maximum atomic E-state index is 13.5. The highest BCUT2D eigenvalue weighted by molar-refractivity contribution is 7.89. The Bertz CT molecular complexity index is 1910. The van der Waals surface area contributed by atoms with Crippen LogP contribution in [-0.2, 0) is 42.2 Å². The van der Waals surface area contributed by atoms with E-state index < -0.39 is 34.3 Å². The summed E-state index contributed by atoms with van der Waals surface area (Å²) in [4.78, 5) is 48.6. The maximum absolute atomic E-state index is 13.5. The summed E-state index contributed by atoms with van der Waals surface area (Å²) in [7, 11) is -4.10. The van der Waals surface area contributed by atoms with Crippen LogP contribution in [0.2, 0.25) is 0 Å². The van der Waals surface area contributed by atoms with Crippen LogP contribution in [0.4, 0.5) is 11.4 Å². The van der Waals surface area contributed by atoms with Gasteiger partial charge in [-0.3, -0.25) is 19.2 Å². The van der Waals surface area contributed by atoms with Crippen molar-refractivity contribution >= 4 is 51.2 Å². The minimum atomic E-state index is -4.10. The van der Waals surface area contributed by atoms with Gasteiger partial charge in [-0.2, -0.15) is 9.41 Å². The van der Waals surface area contributed by atoms with Crippen LogP contribution in [0.25, 0.3) is 0 Å². The number of hydrazone groups is 1. The predicted octanol–water partition coefficient (Wildman–Crippen LogP) is 3.49. The molecule has 0 saturated carbocycles. The van der Waals surface area contributed by atoms with E-state index in [2.05, 4.69) is 26.5 Å². The van der Waals surface area contributed by atoms with Crippen molar-refractivity contribution in [1.82, 2.24) is 15.0 Å². The molecule has 14 heteroatoms. The number of anilines is 2. The fourth-order valence-corrected chi connectivity index (χ4v) is 5.82. The number of aryl methyl sites for hydroxylation is 2. The molecule has 0 atom stereocenters. The Labute approximate surface area is 278 Å². The SMILES string of the molecule is CC(=O)Nc1ccc(S(=O)(=O)N(CCc2ccccc2)CC(=O)N/N=C\c2ccc(CNC(=O)C(=O)Nc3ccc(C)c(C)c3)o2)cc1. The smallest absolute Gasteiger partial charge is 0.313 e. The standard InChI is InChI=1S/C34H36N6O7S/c1-23-9-10-28(19-24(23)2)38-34(44)33(43)35-20-29-13-14-30(47-29)21-36-39-32(42)22-40(18-17-26-7-5-4-6-8-26)48(45,46)31-15-11-27(12-16-31)37-25(3)41/h4-16,19,21H,17-18,20,22H2,1-3H3,(H,35,43)(H,37,41)(H,38,44)(H,39,42)/b36-21-. The molecular weight excluding hydrogens is 636 g/mol. The fraction of sp³-hybridized carbons (Fsp3) is 0.206. The van der Waals surface area contributed by atoms with E-state index in [9.17, 15) is 27.6 Å². The first-order valence-corrected chi connectivity index (χ1v) is 16.3. The molecule has 48 heavy (non-hydrogen) atoms. The van der Waals surface area contributed by atoms with E-state index in [4.69, 9.17) is 4.42 Å². The van der Waals surface area contributed by atoms with E-state index in [1.807, 2.05) is 50.2 Å². The van der Waals surface area contributed by atoms with Crippen molar-refractivity contribution in [3.63, 3.8) is 0 Å². The molecule has 0 fully saturated rings. The molecule has 13 nitrogen and oxygen atoms in total. The lowest BCUT2D eigenvalue weighted by atomic mass is 10.1. The van der Waals surface area contributed by atoms with Gasteiger partial charge in [-0.25, -0.2) is 13.8 Å². The Morgan fingerprint density at radius 3 is 2.23 bits per heavy atom. The van der Waals surface area contributed by atoms with Gasteiger partial charge in [-0.05, 0) is 85.5 Å². The van der Waals surface area contributed by atoms with E-state index in [1.54, 1.807) is 24.3 Å². The van der Waals surface area contributed by atoms with Crippen molar-refractivity contribution in [2.24, 2.45) is 5.10 Å². The third kappa shape index (κ3) is 10.2. The van der Waals surface area contributed by atoms with E-state index in [0.717, 1.165) is 21.0 Å². The van der Waals surface area contributed by atoms with Gasteiger partial charge < -0.3 is 20.4 Å². The fourth-order valence-electron chi connectivity index (χ4n) is 4.42. The molecule has 0 spiro atoms. The van der Waals surface area contributed by atoms with Gasteiger partial charge in [0.1, 0.15) is 11.5 Å². The number of carbonyl (C=O) groups excluding carboxylic acids is 4. The van der Waals surface area contributed by atoms with E-state index in [1.165, 1.54) is 37.4 Å². The van der Waals surface area contributed by atoms with Crippen LogP contribution in [0.3, 0.4) is 0 Å². The number of carbonyl (C=O) groups is 4. The molecule has 4 rings (SSSR count). The Hall–Kier alpha value is -5.60. The molecule has 1 heterocycles. The summed E-state index contributed by atoms with van der Waals surface area (Å²) >= 11 is 0. The molecule has 4 amide bonds. The van der Waals surface area contributed by atoms with Gasteiger partial charge in [0.2, 0.25) is 15.9 Å². The second-order valence-corrected chi connectivity index (χ2v) is 12.8. The first kappa shape index (κ1) is 35.3. The average molecular weight is 673 g/mol. The number of furan rings is 1. The Balaban J connectivity index is 1.33. The molecule has 0 aliphatic rings. The van der Waals surface area contributed by atoms with Crippen LogP contribution in [-0.4, -0.2) is 55.7 Å². The molecule has 0 radical (unpaired) electrons.